The number of fused-ring (bicyclic) bond motifs is 3. The molecule has 55 heavy (non-hydrogen) atoms. The maximum atomic E-state index is 17.2. The molecule has 4 fully saturated rings. The van der Waals surface area contributed by atoms with Crippen molar-refractivity contribution in [1.29, 1.82) is 5.26 Å². The van der Waals surface area contributed by atoms with Gasteiger partial charge in [-0.2, -0.15) is 19.9 Å². The molecule has 2 N–H and O–H groups in total. The molecule has 4 saturated heterocycles. The third kappa shape index (κ3) is 5.56. The molecule has 286 valence electrons. The molecule has 4 aliphatic heterocycles. The number of nitrogens with two attached hydrogens (primary N) is 1. The van der Waals surface area contributed by atoms with Crippen molar-refractivity contribution in [2.24, 2.45) is 0 Å². The number of ether oxygens (including phenoxy) is 1. The normalized spacial score (nSPS) is 25.1. The molecule has 9 rings (SSSR count). The third-order valence-corrected chi connectivity index (χ3v) is 13.1. The van der Waals surface area contributed by atoms with Crippen molar-refractivity contribution in [2.75, 3.05) is 43.4 Å². The van der Waals surface area contributed by atoms with Crippen molar-refractivity contribution in [2.45, 2.75) is 61.8 Å². The topological polar surface area (TPSA) is 142 Å². The largest absolute Gasteiger partial charge is 0.461 e. The van der Waals surface area contributed by atoms with Gasteiger partial charge in [0, 0.05) is 42.4 Å². The monoisotopic (exact) mass is 818 g/mol. The first-order valence-electron chi connectivity index (χ1n) is 17.4. The van der Waals surface area contributed by atoms with E-state index in [1.54, 1.807) is 0 Å². The minimum absolute atomic E-state index is 0.0209. The van der Waals surface area contributed by atoms with Gasteiger partial charge in [-0.05, 0) is 61.5 Å². The van der Waals surface area contributed by atoms with Crippen molar-refractivity contribution in [3.05, 3.63) is 52.0 Å². The van der Waals surface area contributed by atoms with E-state index in [0.29, 0.717) is 19.4 Å². The van der Waals surface area contributed by atoms with E-state index in [1.165, 1.54) is 21.9 Å². The number of nitrogen functional groups attached to an aromatic ring is 1. The fourth-order valence-electron chi connectivity index (χ4n) is 8.98. The second-order valence-corrected chi connectivity index (χ2v) is 16.3. The average molecular weight is 820 g/mol. The van der Waals surface area contributed by atoms with Gasteiger partial charge in [-0.25, -0.2) is 31.7 Å². The summed E-state index contributed by atoms with van der Waals surface area (Å²) in [5.41, 5.74) is 3.77. The molecule has 2 unspecified atom stereocenters. The Morgan fingerprint density at radius 3 is 2.71 bits per heavy atom. The number of nitriles is 1. The highest BCUT2D eigenvalue weighted by Crippen LogP contribution is 2.49. The van der Waals surface area contributed by atoms with Crippen LogP contribution in [0, 0.1) is 23.0 Å². The molecule has 3 aromatic heterocycles. The van der Waals surface area contributed by atoms with Crippen LogP contribution in [0.5, 0.6) is 6.01 Å². The molecule has 4 aliphatic rings. The summed E-state index contributed by atoms with van der Waals surface area (Å²) in [5, 5.41) is 13.5. The molecular weight excluding hydrogens is 790 g/mol. The lowest BCUT2D eigenvalue weighted by molar-refractivity contribution is 0.0278. The molecule has 4 atom stereocenters. The summed E-state index contributed by atoms with van der Waals surface area (Å²) < 4.78 is 84.2. The number of benzene rings is 2. The molecule has 1 amide bonds. The molecular formula is C35H29Cl2F5N10O2S. The van der Waals surface area contributed by atoms with Gasteiger partial charge in [0.1, 0.15) is 47.3 Å². The fraction of sp³-hybridized carbons (Fsp3) is 0.429. The molecule has 12 nitrogen and oxygen atoms in total. The number of rotatable bonds is 6. The number of carbonyl (C=O) groups is 1. The van der Waals surface area contributed by atoms with Crippen LogP contribution in [0.3, 0.4) is 0 Å². The fourth-order valence-corrected chi connectivity index (χ4v) is 10.3. The molecule has 0 saturated carbocycles. The van der Waals surface area contributed by atoms with Crippen LogP contribution in [0.25, 0.3) is 32.1 Å². The van der Waals surface area contributed by atoms with Gasteiger partial charge in [0.25, 0.3) is 6.43 Å². The van der Waals surface area contributed by atoms with Gasteiger partial charge in [-0.1, -0.05) is 17.7 Å². The first-order chi connectivity index (χ1) is 26.3. The second-order valence-electron chi connectivity index (χ2n) is 14.5. The third-order valence-electron chi connectivity index (χ3n) is 11.6. The Labute approximate surface area is 323 Å². The van der Waals surface area contributed by atoms with Crippen LogP contribution >= 0.6 is 34.5 Å². The van der Waals surface area contributed by atoms with Crippen LogP contribution < -0.4 is 15.4 Å². The Bertz CT molecular complexity index is 2460. The standard InChI is InChI=1S/C35H29Cl2F5N10O2S/c36-20-8-18-26(25(40)24(20)17-2-3-21(39)27-23(17)19(11-43)29(44)55-27)46-32(54-14-35-4-1-6-49(35)12-16(38)9-35)47-30(18)50-13-34(10-22(50)28(41)42)5-7-51(34)33(53)52-15-45-31(37)48-52/h2-3,8,15-16,22,28H,1,4-7,9-10,12-14,44H2/t16-,22?,34?,35+/m1/s1. The number of likely N-dealkylation sites (tertiary alicyclic amines) is 1. The van der Waals surface area contributed by atoms with Crippen LogP contribution in [0.1, 0.15) is 37.7 Å². The Morgan fingerprint density at radius 1 is 1.18 bits per heavy atom. The van der Waals surface area contributed by atoms with E-state index >= 15 is 13.2 Å². The van der Waals surface area contributed by atoms with Gasteiger partial charge in [0.05, 0.1) is 32.4 Å². The van der Waals surface area contributed by atoms with Crippen molar-refractivity contribution in [3.63, 3.8) is 0 Å². The predicted octanol–water partition coefficient (Wildman–Crippen LogP) is 7.05. The zero-order valence-corrected chi connectivity index (χ0v) is 30.9. The lowest BCUT2D eigenvalue weighted by Gasteiger charge is -2.50. The molecule has 5 aromatic rings. The van der Waals surface area contributed by atoms with E-state index in [1.807, 2.05) is 11.0 Å². The van der Waals surface area contributed by atoms with Gasteiger partial charge >= 0.3 is 12.0 Å². The number of anilines is 2. The van der Waals surface area contributed by atoms with Crippen molar-refractivity contribution < 1.29 is 31.5 Å². The smallest absolute Gasteiger partial charge is 0.346 e. The maximum Gasteiger partial charge on any atom is 0.346 e. The highest BCUT2D eigenvalue weighted by molar-refractivity contribution is 7.23. The Balaban J connectivity index is 1.19. The van der Waals surface area contributed by atoms with E-state index in [9.17, 15) is 18.8 Å². The summed E-state index contributed by atoms with van der Waals surface area (Å²) >= 11 is 13.5. The molecule has 1 spiro atoms. The number of halogens is 7. The summed E-state index contributed by atoms with van der Waals surface area (Å²) in [6.07, 6.45) is -0.953. The summed E-state index contributed by atoms with van der Waals surface area (Å²) in [6.45, 7) is 1.01. The van der Waals surface area contributed by atoms with Crippen LogP contribution in [-0.2, 0) is 0 Å². The van der Waals surface area contributed by atoms with E-state index < -0.39 is 47.4 Å². The molecule has 0 aliphatic carbocycles. The molecule has 2 aromatic carbocycles. The molecule has 7 heterocycles. The van der Waals surface area contributed by atoms with Crippen molar-refractivity contribution in [3.8, 4) is 23.2 Å². The van der Waals surface area contributed by atoms with Gasteiger partial charge in [0.15, 0.2) is 5.82 Å². The molecule has 0 radical (unpaired) electrons. The van der Waals surface area contributed by atoms with Crippen molar-refractivity contribution >= 4 is 72.4 Å². The SMILES string of the molecule is N#Cc1c(N)sc2c(F)ccc(-c3c(Cl)cc4c(N5CC6(CCN6C(=O)n6cnc(Cl)n6)CC5C(F)F)nc(OC[C@@]56CCCN5C[C@H](F)C6)nc4c3F)c12. The highest BCUT2D eigenvalue weighted by atomic mass is 35.5. The number of nitrogens with zero attached hydrogens (tertiary/aromatic N) is 9. The van der Waals surface area contributed by atoms with Gasteiger partial charge in [-0.3, -0.25) is 4.90 Å². The number of amides is 1. The lowest BCUT2D eigenvalue weighted by Crippen LogP contribution is -2.64. The minimum atomic E-state index is -2.93. The number of thiophene rings is 1. The number of carbonyl (C=O) groups excluding carboxylic acids is 1. The van der Waals surface area contributed by atoms with E-state index in [-0.39, 0.29) is 104 Å². The van der Waals surface area contributed by atoms with Gasteiger partial charge < -0.3 is 20.3 Å². The van der Waals surface area contributed by atoms with E-state index in [4.69, 9.17) is 33.7 Å². The minimum Gasteiger partial charge on any atom is -0.461 e. The number of aromatic nitrogens is 5. The first-order valence-corrected chi connectivity index (χ1v) is 19.0. The number of alkyl halides is 3. The van der Waals surface area contributed by atoms with Gasteiger partial charge in [0.2, 0.25) is 5.28 Å². The van der Waals surface area contributed by atoms with Crippen LogP contribution in [0.2, 0.25) is 10.3 Å². The van der Waals surface area contributed by atoms with Crippen molar-refractivity contribution in [1.82, 2.24) is 34.5 Å². The van der Waals surface area contributed by atoms with E-state index in [0.717, 1.165) is 34.8 Å². The zero-order chi connectivity index (χ0) is 38.6. The Hall–Kier alpha value is -4.57. The predicted molar refractivity (Wildman–Crippen MR) is 195 cm³/mol. The number of hydrogen-bond acceptors (Lipinski definition) is 11. The average Bonchev–Trinajstić information content (AvgIpc) is 3.96. The second kappa shape index (κ2) is 13.0. The highest BCUT2D eigenvalue weighted by Gasteiger charge is 2.58. The number of hydrogen-bond donors (Lipinski definition) is 1. The van der Waals surface area contributed by atoms with E-state index in [2.05, 4.69) is 20.1 Å². The Kier molecular flexibility index (Phi) is 8.53. The molecule has 20 heteroatoms. The van der Waals surface area contributed by atoms with Crippen LogP contribution in [0.4, 0.5) is 37.6 Å². The maximum absolute atomic E-state index is 17.2. The summed E-state index contributed by atoms with van der Waals surface area (Å²) in [5.74, 6) is -1.79. The summed E-state index contributed by atoms with van der Waals surface area (Å²) in [4.78, 5) is 31.1. The van der Waals surface area contributed by atoms with Crippen LogP contribution in [0.15, 0.2) is 24.5 Å². The summed E-state index contributed by atoms with van der Waals surface area (Å²) in [6, 6.07) is 3.26. The molecule has 0 bridgehead atoms. The first kappa shape index (κ1) is 36.1. The quantitative estimate of drug-likeness (QED) is 0.177. The van der Waals surface area contributed by atoms with Crippen LogP contribution in [-0.4, -0.2) is 103 Å². The zero-order valence-electron chi connectivity index (χ0n) is 28.6. The van der Waals surface area contributed by atoms with Gasteiger partial charge in [-0.15, -0.1) is 16.4 Å². The Morgan fingerprint density at radius 2 is 2.00 bits per heavy atom. The summed E-state index contributed by atoms with van der Waals surface area (Å²) in [7, 11) is 0. The lowest BCUT2D eigenvalue weighted by atomic mass is 9.82.